The van der Waals surface area contributed by atoms with Crippen molar-refractivity contribution in [3.8, 4) is 0 Å². The number of para-hydroxylation sites is 1. The molecule has 0 aliphatic carbocycles. The minimum atomic E-state index is -0.449. The summed E-state index contributed by atoms with van der Waals surface area (Å²) in [6, 6.07) is 6.38. The Morgan fingerprint density at radius 1 is 1.43 bits per heavy atom. The number of thiazole rings is 1. The second-order valence-corrected chi connectivity index (χ2v) is 5.65. The number of halogens is 1. The Kier molecular flexibility index (Phi) is 7.08. The molecule has 0 aliphatic rings. The maximum atomic E-state index is 12.3. The van der Waals surface area contributed by atoms with Crippen molar-refractivity contribution in [1.29, 1.82) is 0 Å². The van der Waals surface area contributed by atoms with Gasteiger partial charge >= 0.3 is 0 Å². The van der Waals surface area contributed by atoms with Crippen molar-refractivity contribution < 1.29 is 9.72 Å². The van der Waals surface area contributed by atoms with Crippen LogP contribution in [0.15, 0.2) is 29.6 Å². The predicted molar refractivity (Wildman–Crippen MR) is 91.0 cm³/mol. The van der Waals surface area contributed by atoms with Gasteiger partial charge in [0.15, 0.2) is 0 Å². The summed E-state index contributed by atoms with van der Waals surface area (Å²) in [7, 11) is 1.60. The zero-order valence-corrected chi connectivity index (χ0v) is 14.1. The Balaban J connectivity index is 0.00000264. The van der Waals surface area contributed by atoms with E-state index in [-0.39, 0.29) is 30.5 Å². The van der Waals surface area contributed by atoms with E-state index in [1.54, 1.807) is 30.6 Å². The molecule has 9 heteroatoms. The SMILES string of the molecule is CN(Cc1ccccc1[N+](=O)[O-])C(=O)c1csc(CCN)n1.Cl. The molecule has 1 amide bonds. The van der Waals surface area contributed by atoms with Crippen LogP contribution in [0.3, 0.4) is 0 Å². The van der Waals surface area contributed by atoms with Gasteiger partial charge < -0.3 is 10.6 Å². The van der Waals surface area contributed by atoms with Crippen molar-refractivity contribution >= 4 is 35.3 Å². The van der Waals surface area contributed by atoms with E-state index in [1.165, 1.54) is 22.3 Å². The molecule has 0 atom stereocenters. The Morgan fingerprint density at radius 2 is 2.13 bits per heavy atom. The highest BCUT2D eigenvalue weighted by Gasteiger charge is 2.19. The van der Waals surface area contributed by atoms with E-state index >= 15 is 0 Å². The van der Waals surface area contributed by atoms with Crippen LogP contribution in [0.2, 0.25) is 0 Å². The number of hydrogen-bond donors (Lipinski definition) is 1. The fraction of sp³-hybridized carbons (Fsp3) is 0.286. The molecule has 0 saturated carbocycles. The van der Waals surface area contributed by atoms with E-state index in [0.717, 1.165) is 5.01 Å². The zero-order chi connectivity index (χ0) is 16.1. The molecular formula is C14H17ClN4O3S. The molecule has 0 radical (unpaired) electrons. The van der Waals surface area contributed by atoms with Crippen LogP contribution >= 0.6 is 23.7 Å². The fourth-order valence-electron chi connectivity index (χ4n) is 1.99. The number of nitrogens with two attached hydrogens (primary N) is 1. The van der Waals surface area contributed by atoms with Gasteiger partial charge in [0.1, 0.15) is 5.69 Å². The first-order valence-corrected chi connectivity index (χ1v) is 7.53. The van der Waals surface area contributed by atoms with Crippen LogP contribution < -0.4 is 5.73 Å². The number of hydrogen-bond acceptors (Lipinski definition) is 6. The number of nitro groups is 1. The largest absolute Gasteiger partial charge is 0.336 e. The molecule has 1 heterocycles. The minimum absolute atomic E-state index is 0. The van der Waals surface area contributed by atoms with Gasteiger partial charge in [0, 0.05) is 30.5 Å². The molecule has 2 N–H and O–H groups in total. The second-order valence-electron chi connectivity index (χ2n) is 4.71. The lowest BCUT2D eigenvalue weighted by molar-refractivity contribution is -0.385. The third-order valence-electron chi connectivity index (χ3n) is 3.07. The van der Waals surface area contributed by atoms with Gasteiger partial charge in [-0.05, 0) is 6.54 Å². The van der Waals surface area contributed by atoms with Crippen LogP contribution in [0, 0.1) is 10.1 Å². The van der Waals surface area contributed by atoms with Gasteiger partial charge in [-0.25, -0.2) is 4.98 Å². The van der Waals surface area contributed by atoms with Crippen LogP contribution in [-0.4, -0.2) is 34.3 Å². The van der Waals surface area contributed by atoms with Crippen molar-refractivity contribution in [2.75, 3.05) is 13.6 Å². The number of aromatic nitrogens is 1. The average Bonchev–Trinajstić information content (AvgIpc) is 2.95. The highest BCUT2D eigenvalue weighted by atomic mass is 35.5. The van der Waals surface area contributed by atoms with Crippen LogP contribution in [0.25, 0.3) is 0 Å². The standard InChI is InChI=1S/C14H16N4O3S.ClH/c1-17(8-10-4-2-3-5-12(10)18(20)21)14(19)11-9-22-13(16-11)6-7-15;/h2-5,9H,6-8,15H2,1H3;1H. The molecule has 1 aromatic carbocycles. The van der Waals surface area contributed by atoms with E-state index in [9.17, 15) is 14.9 Å². The summed E-state index contributed by atoms with van der Waals surface area (Å²) in [5.74, 6) is -0.266. The first kappa shape index (κ1) is 19.0. The highest BCUT2D eigenvalue weighted by Crippen LogP contribution is 2.20. The lowest BCUT2D eigenvalue weighted by Gasteiger charge is -2.15. The highest BCUT2D eigenvalue weighted by molar-refractivity contribution is 7.09. The molecule has 0 unspecified atom stereocenters. The third kappa shape index (κ3) is 4.72. The molecule has 0 saturated heterocycles. The topological polar surface area (TPSA) is 102 Å². The molecule has 0 aliphatic heterocycles. The van der Waals surface area contributed by atoms with Gasteiger partial charge in [-0.1, -0.05) is 18.2 Å². The zero-order valence-electron chi connectivity index (χ0n) is 12.5. The Bertz CT molecular complexity index is 692. The van der Waals surface area contributed by atoms with Gasteiger partial charge in [0.05, 0.1) is 16.5 Å². The molecule has 124 valence electrons. The molecular weight excluding hydrogens is 340 g/mol. The van der Waals surface area contributed by atoms with E-state index in [4.69, 9.17) is 5.73 Å². The molecule has 23 heavy (non-hydrogen) atoms. The number of nitrogens with zero attached hydrogens (tertiary/aromatic N) is 3. The van der Waals surface area contributed by atoms with Gasteiger partial charge in [0.25, 0.3) is 11.6 Å². The number of nitro benzene ring substituents is 1. The van der Waals surface area contributed by atoms with E-state index in [0.29, 0.717) is 24.2 Å². The lowest BCUT2D eigenvalue weighted by atomic mass is 10.1. The second kappa shape index (κ2) is 8.56. The van der Waals surface area contributed by atoms with Crippen molar-refractivity contribution in [1.82, 2.24) is 9.88 Å². The van der Waals surface area contributed by atoms with E-state index < -0.39 is 4.92 Å². The smallest absolute Gasteiger partial charge is 0.274 e. The van der Waals surface area contributed by atoms with Crippen LogP contribution in [-0.2, 0) is 13.0 Å². The normalized spacial score (nSPS) is 10.0. The summed E-state index contributed by atoms with van der Waals surface area (Å²) >= 11 is 1.39. The maximum absolute atomic E-state index is 12.3. The molecule has 0 fully saturated rings. The summed E-state index contributed by atoms with van der Waals surface area (Å²) in [6.07, 6.45) is 0.631. The van der Waals surface area contributed by atoms with Crippen LogP contribution in [0.1, 0.15) is 21.1 Å². The average molecular weight is 357 g/mol. The van der Waals surface area contributed by atoms with Gasteiger partial charge in [-0.3, -0.25) is 14.9 Å². The Labute approximate surface area is 143 Å². The Hall–Kier alpha value is -2.03. The summed E-state index contributed by atoms with van der Waals surface area (Å²) in [4.78, 5) is 28.5. The molecule has 2 rings (SSSR count). The predicted octanol–water partition coefficient (Wildman–Crippen LogP) is 2.25. The Morgan fingerprint density at radius 3 is 2.78 bits per heavy atom. The first-order chi connectivity index (χ1) is 10.5. The summed E-state index contributed by atoms with van der Waals surface area (Å²) in [6.45, 7) is 0.632. The summed E-state index contributed by atoms with van der Waals surface area (Å²) in [5.41, 5.74) is 6.29. The summed E-state index contributed by atoms with van der Waals surface area (Å²) < 4.78 is 0. The molecule has 1 aromatic heterocycles. The van der Waals surface area contributed by atoms with Gasteiger partial charge in [0.2, 0.25) is 0 Å². The number of rotatable bonds is 6. The maximum Gasteiger partial charge on any atom is 0.274 e. The summed E-state index contributed by atoms with van der Waals surface area (Å²) in [5, 5.41) is 13.5. The minimum Gasteiger partial charge on any atom is -0.336 e. The van der Waals surface area contributed by atoms with Crippen LogP contribution in [0.5, 0.6) is 0 Å². The molecule has 2 aromatic rings. The first-order valence-electron chi connectivity index (χ1n) is 6.65. The quantitative estimate of drug-likeness (QED) is 0.631. The van der Waals surface area contributed by atoms with Crippen molar-refractivity contribution in [2.45, 2.75) is 13.0 Å². The number of carbonyl (C=O) groups excluding carboxylic acids is 1. The number of carbonyl (C=O) groups is 1. The molecule has 0 spiro atoms. The van der Waals surface area contributed by atoms with Crippen LogP contribution in [0.4, 0.5) is 5.69 Å². The van der Waals surface area contributed by atoms with Gasteiger partial charge in [-0.2, -0.15) is 0 Å². The molecule has 7 nitrogen and oxygen atoms in total. The fourth-order valence-corrected chi connectivity index (χ4v) is 2.78. The van der Waals surface area contributed by atoms with Crippen molar-refractivity contribution in [3.05, 3.63) is 56.0 Å². The third-order valence-corrected chi connectivity index (χ3v) is 3.98. The van der Waals surface area contributed by atoms with Crippen molar-refractivity contribution in [2.24, 2.45) is 5.73 Å². The lowest BCUT2D eigenvalue weighted by Crippen LogP contribution is -2.26. The van der Waals surface area contributed by atoms with E-state index in [1.807, 2.05) is 0 Å². The van der Waals surface area contributed by atoms with Crippen molar-refractivity contribution in [3.63, 3.8) is 0 Å². The number of benzene rings is 1. The van der Waals surface area contributed by atoms with Gasteiger partial charge in [-0.15, -0.1) is 23.7 Å². The van der Waals surface area contributed by atoms with E-state index in [2.05, 4.69) is 4.98 Å². The number of amides is 1. The monoisotopic (exact) mass is 356 g/mol. The molecule has 0 bridgehead atoms.